The van der Waals surface area contributed by atoms with Crippen molar-refractivity contribution in [2.45, 2.75) is 10.1 Å². The van der Waals surface area contributed by atoms with Crippen LogP contribution in [0.2, 0.25) is 10.0 Å². The van der Waals surface area contributed by atoms with Gasteiger partial charge in [0.2, 0.25) is 5.16 Å². The van der Waals surface area contributed by atoms with Crippen molar-refractivity contribution in [3.63, 3.8) is 0 Å². The SMILES string of the molecule is O=[S@](CCSc1ncn(-c2ccccc2)n1)c1cc(Cl)ccc1Cl. The molecule has 3 rings (SSSR count). The lowest BCUT2D eigenvalue weighted by Gasteiger charge is -2.04. The van der Waals surface area contributed by atoms with E-state index in [2.05, 4.69) is 10.1 Å². The molecule has 0 N–H and O–H groups in total. The number of hydrogen-bond acceptors (Lipinski definition) is 4. The van der Waals surface area contributed by atoms with Crippen molar-refractivity contribution in [2.24, 2.45) is 0 Å². The number of para-hydroxylation sites is 1. The summed E-state index contributed by atoms with van der Waals surface area (Å²) in [5.41, 5.74) is 0.950. The number of thioether (sulfide) groups is 1. The van der Waals surface area contributed by atoms with E-state index in [0.717, 1.165) is 5.69 Å². The summed E-state index contributed by atoms with van der Waals surface area (Å²) in [5, 5.41) is 6.04. The Bertz CT molecular complexity index is 856. The van der Waals surface area contributed by atoms with Gasteiger partial charge < -0.3 is 0 Å². The lowest BCUT2D eigenvalue weighted by Crippen LogP contribution is -2.02. The van der Waals surface area contributed by atoms with Crippen LogP contribution < -0.4 is 0 Å². The summed E-state index contributed by atoms with van der Waals surface area (Å²) in [6.07, 6.45) is 1.67. The molecule has 1 atom stereocenters. The van der Waals surface area contributed by atoms with Gasteiger partial charge in [-0.25, -0.2) is 9.67 Å². The maximum absolute atomic E-state index is 12.3. The molecule has 8 heteroatoms. The molecule has 4 nitrogen and oxygen atoms in total. The summed E-state index contributed by atoms with van der Waals surface area (Å²) in [5.74, 6) is 1.07. The largest absolute Gasteiger partial charge is 0.254 e. The fraction of sp³-hybridized carbons (Fsp3) is 0.125. The zero-order valence-electron chi connectivity index (χ0n) is 12.4. The number of benzene rings is 2. The quantitative estimate of drug-likeness (QED) is 0.575. The second-order valence-electron chi connectivity index (χ2n) is 4.78. The molecule has 2 aromatic carbocycles. The molecule has 0 unspecified atom stereocenters. The lowest BCUT2D eigenvalue weighted by atomic mass is 10.3. The standard InChI is InChI=1S/C16H13Cl2N3OS2/c17-12-6-7-14(18)15(10-12)24(22)9-8-23-16-19-11-21(20-16)13-4-2-1-3-5-13/h1-7,10-11H,8-9H2/t24-/m1/s1. The molecule has 0 aliphatic rings. The van der Waals surface area contributed by atoms with Gasteiger partial charge >= 0.3 is 0 Å². The van der Waals surface area contributed by atoms with Gasteiger partial charge in [0.1, 0.15) is 6.33 Å². The highest BCUT2D eigenvalue weighted by atomic mass is 35.5. The predicted octanol–water partition coefficient (Wildman–Crippen LogP) is 4.47. The maximum Gasteiger partial charge on any atom is 0.208 e. The van der Waals surface area contributed by atoms with Gasteiger partial charge in [0.05, 0.1) is 26.4 Å². The maximum atomic E-state index is 12.3. The highest BCUT2D eigenvalue weighted by Crippen LogP contribution is 2.24. The molecule has 0 aliphatic heterocycles. The number of hydrogen-bond donors (Lipinski definition) is 0. The first kappa shape index (κ1) is 17.5. The van der Waals surface area contributed by atoms with E-state index in [9.17, 15) is 4.21 Å². The highest BCUT2D eigenvalue weighted by Gasteiger charge is 2.11. The molecule has 0 radical (unpaired) electrons. The summed E-state index contributed by atoms with van der Waals surface area (Å²) in [6, 6.07) is 14.7. The third-order valence-corrected chi connectivity index (χ3v) is 6.32. The minimum absolute atomic E-state index is 0.449. The van der Waals surface area contributed by atoms with Crippen LogP contribution in [0.15, 0.2) is 64.9 Å². The van der Waals surface area contributed by atoms with Crippen LogP contribution in [0.1, 0.15) is 0 Å². The van der Waals surface area contributed by atoms with Crippen LogP contribution >= 0.6 is 35.0 Å². The van der Waals surface area contributed by atoms with Gasteiger partial charge in [-0.15, -0.1) is 5.10 Å². The Morgan fingerprint density at radius 2 is 1.92 bits per heavy atom. The van der Waals surface area contributed by atoms with Crippen molar-refractivity contribution in [1.29, 1.82) is 0 Å². The normalized spacial score (nSPS) is 12.2. The van der Waals surface area contributed by atoms with Crippen molar-refractivity contribution in [2.75, 3.05) is 11.5 Å². The average Bonchev–Trinajstić information content (AvgIpc) is 3.06. The zero-order chi connectivity index (χ0) is 16.9. The van der Waals surface area contributed by atoms with Gasteiger partial charge in [-0.2, -0.15) is 0 Å². The first-order valence-electron chi connectivity index (χ1n) is 7.07. The molecule has 24 heavy (non-hydrogen) atoms. The van der Waals surface area contributed by atoms with Crippen LogP contribution in [0, 0.1) is 0 Å². The Morgan fingerprint density at radius 3 is 2.71 bits per heavy atom. The Balaban J connectivity index is 1.58. The fourth-order valence-electron chi connectivity index (χ4n) is 1.99. The van der Waals surface area contributed by atoms with E-state index in [1.165, 1.54) is 11.8 Å². The predicted molar refractivity (Wildman–Crippen MR) is 99.8 cm³/mol. The van der Waals surface area contributed by atoms with Crippen LogP contribution in [-0.2, 0) is 10.8 Å². The van der Waals surface area contributed by atoms with Crippen LogP contribution in [0.5, 0.6) is 0 Å². The van der Waals surface area contributed by atoms with E-state index in [4.69, 9.17) is 23.2 Å². The van der Waals surface area contributed by atoms with E-state index < -0.39 is 10.8 Å². The van der Waals surface area contributed by atoms with Crippen molar-refractivity contribution in [1.82, 2.24) is 14.8 Å². The molecule has 3 aromatic rings. The second-order valence-corrected chi connectivity index (χ2v) is 8.22. The third-order valence-electron chi connectivity index (χ3n) is 3.13. The summed E-state index contributed by atoms with van der Waals surface area (Å²) in [4.78, 5) is 4.83. The molecule has 0 aliphatic carbocycles. The molecular weight excluding hydrogens is 385 g/mol. The molecular formula is C16H13Cl2N3OS2. The van der Waals surface area contributed by atoms with Gasteiger partial charge in [-0.05, 0) is 30.3 Å². The number of halogens is 2. The first-order valence-corrected chi connectivity index (χ1v) is 10.1. The number of rotatable bonds is 6. The molecule has 0 saturated heterocycles. The molecule has 1 heterocycles. The summed E-state index contributed by atoms with van der Waals surface area (Å²) in [7, 11) is -1.21. The van der Waals surface area contributed by atoms with Crippen LogP contribution in [-0.4, -0.2) is 30.5 Å². The van der Waals surface area contributed by atoms with Gasteiger partial charge in [0.25, 0.3) is 0 Å². The van der Waals surface area contributed by atoms with Gasteiger partial charge in [-0.3, -0.25) is 4.21 Å². The van der Waals surface area contributed by atoms with Gasteiger partial charge in [-0.1, -0.05) is 53.2 Å². The number of nitrogens with zero attached hydrogens (tertiary/aromatic N) is 3. The molecule has 124 valence electrons. The molecule has 1 aromatic heterocycles. The van der Waals surface area contributed by atoms with Crippen molar-refractivity contribution >= 4 is 45.8 Å². The Morgan fingerprint density at radius 1 is 1.12 bits per heavy atom. The van der Waals surface area contributed by atoms with Crippen molar-refractivity contribution in [3.05, 3.63) is 64.9 Å². The van der Waals surface area contributed by atoms with Crippen LogP contribution in [0.4, 0.5) is 0 Å². The van der Waals surface area contributed by atoms with E-state index in [1.807, 2.05) is 30.3 Å². The minimum atomic E-state index is -1.21. The summed E-state index contributed by atoms with van der Waals surface area (Å²) in [6.45, 7) is 0. The Hall–Kier alpha value is -1.34. The van der Waals surface area contributed by atoms with Crippen LogP contribution in [0.25, 0.3) is 5.69 Å². The molecule has 0 bridgehead atoms. The molecule has 0 amide bonds. The van der Waals surface area contributed by atoms with Crippen molar-refractivity contribution < 1.29 is 4.21 Å². The second kappa shape index (κ2) is 8.16. The summed E-state index contributed by atoms with van der Waals surface area (Å²) >= 11 is 13.5. The van der Waals surface area contributed by atoms with Gasteiger partial charge in [0.15, 0.2) is 0 Å². The van der Waals surface area contributed by atoms with E-state index >= 15 is 0 Å². The molecule has 0 saturated carbocycles. The zero-order valence-corrected chi connectivity index (χ0v) is 15.6. The smallest absolute Gasteiger partial charge is 0.208 e. The highest BCUT2D eigenvalue weighted by molar-refractivity contribution is 8.00. The van der Waals surface area contributed by atoms with Gasteiger partial charge in [0, 0.05) is 16.5 Å². The topological polar surface area (TPSA) is 47.8 Å². The summed E-state index contributed by atoms with van der Waals surface area (Å²) < 4.78 is 14.1. The average molecular weight is 398 g/mol. The third kappa shape index (κ3) is 4.39. The minimum Gasteiger partial charge on any atom is -0.254 e. The van der Waals surface area contributed by atoms with Crippen molar-refractivity contribution in [3.8, 4) is 5.69 Å². The van der Waals surface area contributed by atoms with E-state index in [1.54, 1.807) is 29.2 Å². The van der Waals surface area contributed by atoms with E-state index in [-0.39, 0.29) is 0 Å². The fourth-order valence-corrected chi connectivity index (χ4v) is 4.75. The number of aromatic nitrogens is 3. The van der Waals surface area contributed by atoms with E-state index in [0.29, 0.717) is 31.6 Å². The molecule has 0 spiro atoms. The monoisotopic (exact) mass is 397 g/mol. The Kier molecular flexibility index (Phi) is 5.94. The molecule has 0 fully saturated rings. The Labute approximate surface area is 156 Å². The lowest BCUT2D eigenvalue weighted by molar-refractivity contribution is 0.684. The first-order chi connectivity index (χ1) is 11.6. The van der Waals surface area contributed by atoms with Crippen LogP contribution in [0.3, 0.4) is 0 Å².